The van der Waals surface area contributed by atoms with Gasteiger partial charge in [0.15, 0.2) is 5.76 Å². The van der Waals surface area contributed by atoms with Gasteiger partial charge in [-0.3, -0.25) is 4.79 Å². The molecule has 0 radical (unpaired) electrons. The molecule has 1 saturated heterocycles. The molecule has 2 atom stereocenters. The number of aromatic nitrogens is 3. The Balaban J connectivity index is 1.09. The number of benzene rings is 1. The Kier molecular flexibility index (Phi) is 7.41. The van der Waals surface area contributed by atoms with Crippen molar-refractivity contribution in [1.29, 1.82) is 0 Å². The number of aromatic amines is 1. The van der Waals surface area contributed by atoms with Gasteiger partial charge in [0.1, 0.15) is 29.5 Å². The molecule has 12 heteroatoms. The van der Waals surface area contributed by atoms with E-state index in [4.69, 9.17) is 23.7 Å². The van der Waals surface area contributed by atoms with E-state index in [-0.39, 0.29) is 24.6 Å². The van der Waals surface area contributed by atoms with Gasteiger partial charge in [0, 0.05) is 24.8 Å². The average Bonchev–Trinajstić information content (AvgIpc) is 3.50. The third kappa shape index (κ3) is 5.67. The standard InChI is InChI=1S/C28H31N5O7/c1-2-36-28(35)33-8-9-37-20(13-33)11-30-26(34)21-12-29-25-23(21)31-16-32-24(25)22-15-39-27(40-22)18-4-3-5-19(10-18)38-14-17-6-7-17/h3-5,10,12,15-17,20,27,29H,2,6-9,11,13-14H2,1H3,(H,30,34). The van der Waals surface area contributed by atoms with E-state index >= 15 is 0 Å². The molecule has 3 aliphatic rings. The van der Waals surface area contributed by atoms with Gasteiger partial charge in [0.05, 0.1) is 43.5 Å². The molecule has 2 fully saturated rings. The van der Waals surface area contributed by atoms with Crippen molar-refractivity contribution < 1.29 is 33.3 Å². The summed E-state index contributed by atoms with van der Waals surface area (Å²) in [6.07, 6.45) is 5.55. The van der Waals surface area contributed by atoms with Crippen molar-refractivity contribution in [3.63, 3.8) is 0 Å². The van der Waals surface area contributed by atoms with Crippen molar-refractivity contribution in [1.82, 2.24) is 25.2 Å². The summed E-state index contributed by atoms with van der Waals surface area (Å²) in [5, 5.41) is 2.88. The maximum Gasteiger partial charge on any atom is 0.409 e. The lowest BCUT2D eigenvalue weighted by atomic mass is 10.2. The fourth-order valence-electron chi connectivity index (χ4n) is 4.63. The number of hydrogen-bond donors (Lipinski definition) is 2. The van der Waals surface area contributed by atoms with Crippen LogP contribution in [-0.4, -0.2) is 77.4 Å². The van der Waals surface area contributed by atoms with Crippen molar-refractivity contribution in [2.75, 3.05) is 39.5 Å². The molecule has 0 bridgehead atoms. The number of nitrogens with one attached hydrogen (secondary N) is 2. The van der Waals surface area contributed by atoms with E-state index in [1.54, 1.807) is 18.0 Å². The Morgan fingerprint density at radius 3 is 3.00 bits per heavy atom. The molecule has 1 aliphatic carbocycles. The van der Waals surface area contributed by atoms with Gasteiger partial charge >= 0.3 is 6.09 Å². The fourth-order valence-corrected chi connectivity index (χ4v) is 4.63. The highest BCUT2D eigenvalue weighted by Gasteiger charge is 2.29. The van der Waals surface area contributed by atoms with Gasteiger partial charge in [-0.1, -0.05) is 12.1 Å². The molecule has 2 amide bonds. The second-order valence-corrected chi connectivity index (χ2v) is 9.89. The molecule has 1 saturated carbocycles. The van der Waals surface area contributed by atoms with Crippen LogP contribution in [0.25, 0.3) is 16.8 Å². The van der Waals surface area contributed by atoms with Gasteiger partial charge in [0.2, 0.25) is 0 Å². The second kappa shape index (κ2) is 11.4. The van der Waals surface area contributed by atoms with Crippen LogP contribution in [0.3, 0.4) is 0 Å². The number of fused-ring (bicyclic) bond motifs is 1. The van der Waals surface area contributed by atoms with Gasteiger partial charge in [-0.2, -0.15) is 0 Å². The van der Waals surface area contributed by atoms with Crippen LogP contribution in [0.15, 0.2) is 43.1 Å². The number of rotatable bonds is 9. The van der Waals surface area contributed by atoms with E-state index in [9.17, 15) is 9.59 Å². The second-order valence-electron chi connectivity index (χ2n) is 9.89. The van der Waals surface area contributed by atoms with Crippen LogP contribution >= 0.6 is 0 Å². The van der Waals surface area contributed by atoms with Gasteiger partial charge in [0.25, 0.3) is 12.2 Å². The molecule has 2 N–H and O–H groups in total. The summed E-state index contributed by atoms with van der Waals surface area (Å²) in [6.45, 7) is 4.18. The topological polar surface area (TPSA) is 137 Å². The molecule has 2 aliphatic heterocycles. The molecule has 4 heterocycles. The van der Waals surface area contributed by atoms with Crippen LogP contribution in [0.5, 0.6) is 5.75 Å². The molecule has 40 heavy (non-hydrogen) atoms. The first-order valence-corrected chi connectivity index (χ1v) is 13.5. The van der Waals surface area contributed by atoms with Gasteiger partial charge < -0.3 is 38.9 Å². The number of carbonyl (C=O) groups excluding carboxylic acids is 2. The number of amides is 2. The number of nitrogens with zero attached hydrogens (tertiary/aromatic N) is 3. The van der Waals surface area contributed by atoms with E-state index in [0.717, 1.165) is 17.9 Å². The normalized spacial score (nSPS) is 20.4. The van der Waals surface area contributed by atoms with E-state index in [2.05, 4.69) is 20.3 Å². The lowest BCUT2D eigenvalue weighted by Gasteiger charge is -2.32. The number of H-pyrrole nitrogens is 1. The Hall–Kier alpha value is -4.32. The van der Waals surface area contributed by atoms with Crippen molar-refractivity contribution in [2.45, 2.75) is 32.2 Å². The van der Waals surface area contributed by atoms with Gasteiger partial charge in [-0.15, -0.1) is 0 Å². The molecule has 1 aromatic carbocycles. The maximum absolute atomic E-state index is 13.0. The summed E-state index contributed by atoms with van der Waals surface area (Å²) >= 11 is 0. The van der Waals surface area contributed by atoms with Crippen LogP contribution in [0, 0.1) is 5.92 Å². The number of ether oxygens (including phenoxy) is 5. The van der Waals surface area contributed by atoms with Crippen molar-refractivity contribution in [2.24, 2.45) is 5.92 Å². The molecule has 3 aromatic rings. The van der Waals surface area contributed by atoms with Gasteiger partial charge in [-0.05, 0) is 37.8 Å². The molecule has 6 rings (SSSR count). The predicted molar refractivity (Wildman–Crippen MR) is 142 cm³/mol. The summed E-state index contributed by atoms with van der Waals surface area (Å²) in [5.74, 6) is 1.53. The Morgan fingerprint density at radius 2 is 2.15 bits per heavy atom. The summed E-state index contributed by atoms with van der Waals surface area (Å²) in [7, 11) is 0. The average molecular weight is 550 g/mol. The smallest absolute Gasteiger partial charge is 0.409 e. The van der Waals surface area contributed by atoms with E-state index in [1.807, 2.05) is 24.3 Å². The first-order chi connectivity index (χ1) is 19.6. The molecule has 2 unspecified atom stereocenters. The fraction of sp³-hybridized carbons (Fsp3) is 0.429. The quantitative estimate of drug-likeness (QED) is 0.411. The molecular formula is C28H31N5O7. The lowest BCUT2D eigenvalue weighted by molar-refractivity contribution is -0.0247. The Bertz CT molecular complexity index is 1420. The van der Waals surface area contributed by atoms with Crippen molar-refractivity contribution in [3.8, 4) is 5.75 Å². The number of carbonyl (C=O) groups is 2. The molecular weight excluding hydrogens is 518 g/mol. The molecule has 12 nitrogen and oxygen atoms in total. The van der Waals surface area contributed by atoms with Crippen LogP contribution < -0.4 is 10.1 Å². The number of hydrogen-bond acceptors (Lipinski definition) is 9. The largest absolute Gasteiger partial charge is 0.493 e. The Labute approximate surface area is 230 Å². The molecule has 2 aromatic heterocycles. The predicted octanol–water partition coefficient (Wildman–Crippen LogP) is 3.38. The summed E-state index contributed by atoms with van der Waals surface area (Å²) < 4.78 is 28.6. The van der Waals surface area contributed by atoms with Crippen molar-refractivity contribution in [3.05, 3.63) is 59.9 Å². The van der Waals surface area contributed by atoms with Gasteiger partial charge in [-0.25, -0.2) is 14.8 Å². The Morgan fingerprint density at radius 1 is 1.25 bits per heavy atom. The highest BCUT2D eigenvalue weighted by molar-refractivity contribution is 6.06. The zero-order chi connectivity index (χ0) is 27.5. The molecule has 0 spiro atoms. The highest BCUT2D eigenvalue weighted by atomic mass is 16.7. The van der Waals surface area contributed by atoms with Crippen LogP contribution in [0.1, 0.15) is 47.7 Å². The zero-order valence-electron chi connectivity index (χ0n) is 22.1. The van der Waals surface area contributed by atoms with Crippen LogP contribution in [-0.2, 0) is 18.9 Å². The third-order valence-corrected chi connectivity index (χ3v) is 6.94. The summed E-state index contributed by atoms with van der Waals surface area (Å²) in [6, 6.07) is 7.66. The van der Waals surface area contributed by atoms with E-state index < -0.39 is 6.29 Å². The SMILES string of the molecule is CCOC(=O)N1CCOC(CNC(=O)c2c[nH]c3c(C4=COC(c5cccc(OCC6CC6)c5)O4)ncnc23)C1. The first-order valence-electron chi connectivity index (χ1n) is 13.5. The minimum Gasteiger partial charge on any atom is -0.493 e. The van der Waals surface area contributed by atoms with Crippen molar-refractivity contribution >= 4 is 28.8 Å². The number of morpholine rings is 1. The summed E-state index contributed by atoms with van der Waals surface area (Å²) in [5.41, 5.74) is 2.65. The third-order valence-electron chi connectivity index (χ3n) is 6.94. The summed E-state index contributed by atoms with van der Waals surface area (Å²) in [4.78, 5) is 38.5. The first kappa shape index (κ1) is 25.9. The zero-order valence-corrected chi connectivity index (χ0v) is 22.1. The maximum atomic E-state index is 13.0. The minimum atomic E-state index is -0.646. The molecule has 210 valence electrons. The van der Waals surface area contributed by atoms with E-state index in [1.165, 1.54) is 25.4 Å². The highest BCUT2D eigenvalue weighted by Crippen LogP contribution is 2.36. The minimum absolute atomic E-state index is 0.229. The van der Waals surface area contributed by atoms with Crippen LogP contribution in [0.4, 0.5) is 4.79 Å². The van der Waals surface area contributed by atoms with Crippen LogP contribution in [0.2, 0.25) is 0 Å². The monoisotopic (exact) mass is 549 g/mol. The lowest BCUT2D eigenvalue weighted by Crippen LogP contribution is -2.49. The van der Waals surface area contributed by atoms with E-state index in [0.29, 0.717) is 60.3 Å².